The van der Waals surface area contributed by atoms with E-state index < -0.39 is 16.4 Å². The third-order valence-electron chi connectivity index (χ3n) is 1.95. The SMILES string of the molecule is O=c1[nH]n([N+](=O)[O-])c(=O)n1-c1ccccc1. The first-order valence-corrected chi connectivity index (χ1v) is 4.25. The molecule has 8 nitrogen and oxygen atoms in total. The molecule has 0 amide bonds. The lowest BCUT2D eigenvalue weighted by Gasteiger charge is -1.95. The Balaban J connectivity index is 2.73. The molecule has 0 aliphatic heterocycles. The number of nitrogens with one attached hydrogen (secondary N) is 1. The van der Waals surface area contributed by atoms with E-state index in [1.165, 1.54) is 12.1 Å². The summed E-state index contributed by atoms with van der Waals surface area (Å²) in [5, 5.41) is 11.2. The maximum absolute atomic E-state index is 11.5. The monoisotopic (exact) mass is 222 g/mol. The number of aromatic nitrogens is 3. The van der Waals surface area contributed by atoms with Gasteiger partial charge >= 0.3 is 11.4 Å². The summed E-state index contributed by atoms with van der Waals surface area (Å²) < 4.78 is 0.683. The van der Waals surface area contributed by atoms with Gasteiger partial charge in [-0.25, -0.2) is 9.59 Å². The average molecular weight is 222 g/mol. The predicted octanol–water partition coefficient (Wildman–Crippen LogP) is -0.633. The summed E-state index contributed by atoms with van der Waals surface area (Å²) in [5.74, 6) is 0. The van der Waals surface area contributed by atoms with Crippen molar-refractivity contribution >= 4 is 0 Å². The lowest BCUT2D eigenvalue weighted by Crippen LogP contribution is -2.30. The first-order chi connectivity index (χ1) is 7.61. The molecule has 1 N–H and O–H groups in total. The highest BCUT2D eigenvalue weighted by atomic mass is 16.7. The molecule has 0 bridgehead atoms. The molecule has 0 aliphatic rings. The Kier molecular flexibility index (Phi) is 2.16. The van der Waals surface area contributed by atoms with E-state index >= 15 is 0 Å². The molecule has 2 aromatic rings. The molecule has 0 atom stereocenters. The van der Waals surface area contributed by atoms with Crippen LogP contribution in [0.1, 0.15) is 0 Å². The highest BCUT2D eigenvalue weighted by molar-refractivity contribution is 5.30. The standard InChI is InChI=1S/C8H6N4O4/c13-7-9-11(12(15)16)8(14)10(7)6-4-2-1-3-5-6/h1-5H,(H,9,13). The van der Waals surface area contributed by atoms with Gasteiger partial charge in [0.15, 0.2) is 0 Å². The number of aromatic amines is 1. The number of para-hydroxylation sites is 1. The normalized spacial score (nSPS) is 10.2. The van der Waals surface area contributed by atoms with E-state index in [1.54, 1.807) is 18.2 Å². The minimum Gasteiger partial charge on any atom is -0.339 e. The molecular weight excluding hydrogens is 216 g/mol. The maximum atomic E-state index is 11.5. The van der Waals surface area contributed by atoms with Gasteiger partial charge in [0.1, 0.15) is 0 Å². The van der Waals surface area contributed by atoms with E-state index in [0.717, 1.165) is 0 Å². The zero-order valence-electron chi connectivity index (χ0n) is 7.86. The summed E-state index contributed by atoms with van der Waals surface area (Å²) in [4.78, 5) is 33.3. The predicted molar refractivity (Wildman–Crippen MR) is 53.0 cm³/mol. The third-order valence-corrected chi connectivity index (χ3v) is 1.95. The maximum Gasteiger partial charge on any atom is 0.440 e. The summed E-state index contributed by atoms with van der Waals surface area (Å²) in [6.07, 6.45) is 0. The Labute approximate surface area is 87.5 Å². The Morgan fingerprint density at radius 2 is 1.81 bits per heavy atom. The molecule has 0 unspecified atom stereocenters. The molecule has 1 heterocycles. The van der Waals surface area contributed by atoms with Crippen molar-refractivity contribution in [1.82, 2.24) is 14.5 Å². The van der Waals surface area contributed by atoms with E-state index in [0.29, 0.717) is 4.57 Å². The second kappa shape index (κ2) is 3.50. The van der Waals surface area contributed by atoms with Gasteiger partial charge in [-0.05, 0) is 12.1 Å². The molecular formula is C8H6N4O4. The third kappa shape index (κ3) is 1.41. The first-order valence-electron chi connectivity index (χ1n) is 4.25. The zero-order valence-corrected chi connectivity index (χ0v) is 7.86. The molecule has 16 heavy (non-hydrogen) atoms. The molecule has 0 spiro atoms. The number of benzene rings is 1. The van der Waals surface area contributed by atoms with Gasteiger partial charge in [-0.15, -0.1) is 5.10 Å². The van der Waals surface area contributed by atoms with Crippen molar-refractivity contribution in [3.05, 3.63) is 61.4 Å². The lowest BCUT2D eigenvalue weighted by molar-refractivity contribution is -0.556. The van der Waals surface area contributed by atoms with Gasteiger partial charge in [-0.2, -0.15) is 4.57 Å². The minimum absolute atomic E-state index is 0.0370. The Morgan fingerprint density at radius 1 is 1.19 bits per heavy atom. The molecule has 2 rings (SSSR count). The fraction of sp³-hybridized carbons (Fsp3) is 0. The van der Waals surface area contributed by atoms with Crippen LogP contribution in [0.15, 0.2) is 39.9 Å². The highest BCUT2D eigenvalue weighted by Crippen LogP contribution is 1.99. The number of hydrogen-bond donors (Lipinski definition) is 1. The van der Waals surface area contributed by atoms with Crippen LogP contribution < -0.4 is 11.4 Å². The van der Waals surface area contributed by atoms with Crippen molar-refractivity contribution in [1.29, 1.82) is 0 Å². The fourth-order valence-electron chi connectivity index (χ4n) is 1.29. The van der Waals surface area contributed by atoms with Gasteiger partial charge in [0.2, 0.25) is 0 Å². The van der Waals surface area contributed by atoms with Gasteiger partial charge in [0.25, 0.3) is 0 Å². The summed E-state index contributed by atoms with van der Waals surface area (Å²) in [5.41, 5.74) is -1.62. The Morgan fingerprint density at radius 3 is 2.31 bits per heavy atom. The van der Waals surface area contributed by atoms with Gasteiger partial charge in [0.05, 0.1) is 10.7 Å². The van der Waals surface area contributed by atoms with Crippen LogP contribution in [0.5, 0.6) is 0 Å². The molecule has 1 aromatic carbocycles. The molecule has 0 saturated carbocycles. The quantitative estimate of drug-likeness (QED) is 0.539. The Bertz CT molecular complexity index is 636. The van der Waals surface area contributed by atoms with Crippen molar-refractivity contribution in [2.45, 2.75) is 0 Å². The smallest absolute Gasteiger partial charge is 0.339 e. The summed E-state index contributed by atoms with van der Waals surface area (Å²) in [6.45, 7) is 0. The van der Waals surface area contributed by atoms with Gasteiger partial charge in [-0.3, -0.25) is 0 Å². The molecule has 1 aromatic heterocycles. The minimum atomic E-state index is -1.04. The fourth-order valence-corrected chi connectivity index (χ4v) is 1.29. The van der Waals surface area contributed by atoms with Crippen LogP contribution in [0.3, 0.4) is 0 Å². The topological polar surface area (TPSA) is 103 Å². The molecule has 0 radical (unpaired) electrons. The van der Waals surface area contributed by atoms with Crippen LogP contribution >= 0.6 is 0 Å². The van der Waals surface area contributed by atoms with E-state index in [2.05, 4.69) is 0 Å². The van der Waals surface area contributed by atoms with E-state index in [9.17, 15) is 19.7 Å². The van der Waals surface area contributed by atoms with Crippen molar-refractivity contribution in [3.63, 3.8) is 0 Å². The zero-order chi connectivity index (χ0) is 11.7. The molecule has 0 saturated heterocycles. The van der Waals surface area contributed by atoms with Gasteiger partial charge in [-0.1, -0.05) is 18.2 Å². The molecule has 0 aliphatic carbocycles. The number of nitro groups is 1. The van der Waals surface area contributed by atoms with Crippen LogP contribution in [0.2, 0.25) is 0 Å². The number of hydrogen-bond acceptors (Lipinski definition) is 4. The summed E-state index contributed by atoms with van der Waals surface area (Å²) >= 11 is 0. The summed E-state index contributed by atoms with van der Waals surface area (Å²) in [6, 6.07) is 7.94. The van der Waals surface area contributed by atoms with Gasteiger partial charge in [0, 0.05) is 4.79 Å². The van der Waals surface area contributed by atoms with E-state index in [-0.39, 0.29) is 10.5 Å². The highest BCUT2D eigenvalue weighted by Gasteiger charge is 2.17. The van der Waals surface area contributed by atoms with Crippen molar-refractivity contribution in [2.24, 2.45) is 0 Å². The summed E-state index contributed by atoms with van der Waals surface area (Å²) in [7, 11) is 0. The largest absolute Gasteiger partial charge is 0.440 e. The van der Waals surface area contributed by atoms with Gasteiger partial charge < -0.3 is 10.1 Å². The molecule has 82 valence electrons. The Hall–Kier alpha value is -2.64. The van der Waals surface area contributed by atoms with Crippen LogP contribution in [0.4, 0.5) is 0 Å². The first kappa shape index (κ1) is 9.90. The van der Waals surface area contributed by atoms with Crippen LogP contribution in [-0.4, -0.2) is 19.5 Å². The second-order valence-corrected chi connectivity index (χ2v) is 2.92. The van der Waals surface area contributed by atoms with Crippen molar-refractivity contribution in [3.8, 4) is 5.69 Å². The molecule has 0 fully saturated rings. The average Bonchev–Trinajstić information content (AvgIpc) is 2.56. The van der Waals surface area contributed by atoms with Crippen molar-refractivity contribution < 1.29 is 5.03 Å². The van der Waals surface area contributed by atoms with E-state index in [1.807, 2.05) is 5.10 Å². The van der Waals surface area contributed by atoms with Crippen LogP contribution in [0, 0.1) is 10.1 Å². The van der Waals surface area contributed by atoms with Crippen LogP contribution in [-0.2, 0) is 0 Å². The van der Waals surface area contributed by atoms with E-state index in [4.69, 9.17) is 0 Å². The second-order valence-electron chi connectivity index (χ2n) is 2.92. The number of nitrogens with zero attached hydrogens (tertiary/aromatic N) is 3. The number of H-pyrrole nitrogens is 1. The number of rotatable bonds is 2. The van der Waals surface area contributed by atoms with Crippen LogP contribution in [0.25, 0.3) is 5.69 Å². The lowest BCUT2D eigenvalue weighted by atomic mass is 10.3. The molecule has 8 heteroatoms. The van der Waals surface area contributed by atoms with Crippen molar-refractivity contribution in [2.75, 3.05) is 0 Å².